The number of alkyl halides is 3. The minimum absolute atomic E-state index is 0.0227. The van der Waals surface area contributed by atoms with E-state index in [2.05, 4.69) is 25.7 Å². The summed E-state index contributed by atoms with van der Waals surface area (Å²) in [6.45, 7) is -0.0622. The molecule has 0 aliphatic rings. The van der Waals surface area contributed by atoms with Crippen molar-refractivity contribution in [2.75, 3.05) is 5.73 Å². The molecule has 1 heterocycles. The molecule has 1 rings (SSSR count). The van der Waals surface area contributed by atoms with Crippen LogP contribution in [0.3, 0.4) is 0 Å². The number of nitrogens with zero attached hydrogens (tertiary/aromatic N) is 1. The number of ether oxygens (including phenoxy) is 1. The van der Waals surface area contributed by atoms with E-state index in [-0.39, 0.29) is 22.4 Å². The van der Waals surface area contributed by atoms with Crippen LogP contribution in [0.5, 0.6) is 5.75 Å². The number of halogens is 4. The Balaban J connectivity index is 3.15. The van der Waals surface area contributed by atoms with Crippen LogP contribution in [0.2, 0.25) is 0 Å². The molecule has 0 fully saturated rings. The van der Waals surface area contributed by atoms with Gasteiger partial charge in [0.25, 0.3) is 0 Å². The van der Waals surface area contributed by atoms with Crippen molar-refractivity contribution >= 4 is 21.6 Å². The number of rotatable bonds is 2. The molecule has 0 unspecified atom stereocenters. The molecule has 0 atom stereocenters. The minimum atomic E-state index is -4.80. The van der Waals surface area contributed by atoms with E-state index in [1.54, 1.807) is 0 Å². The van der Waals surface area contributed by atoms with Gasteiger partial charge in [-0.25, -0.2) is 0 Å². The zero-order valence-electron chi connectivity index (χ0n) is 7.31. The summed E-state index contributed by atoms with van der Waals surface area (Å²) in [4.78, 5) is 3.74. The molecular formula is C7H7BrF3N3O. The lowest BCUT2D eigenvalue weighted by Gasteiger charge is -2.14. The van der Waals surface area contributed by atoms with E-state index in [1.807, 2.05) is 0 Å². The van der Waals surface area contributed by atoms with Crippen LogP contribution in [-0.2, 0) is 6.54 Å². The molecule has 84 valence electrons. The lowest BCUT2D eigenvalue weighted by atomic mass is 10.3. The van der Waals surface area contributed by atoms with Crippen molar-refractivity contribution in [3.05, 3.63) is 16.4 Å². The molecule has 0 aliphatic heterocycles. The smallest absolute Gasteiger partial charge is 0.402 e. The Bertz CT molecular complexity index is 369. The first-order valence-corrected chi connectivity index (χ1v) is 4.53. The predicted octanol–water partition coefficient (Wildman–Crippen LogP) is 1.78. The highest BCUT2D eigenvalue weighted by Crippen LogP contribution is 2.36. The zero-order chi connectivity index (χ0) is 11.6. The summed E-state index contributed by atoms with van der Waals surface area (Å²) in [6, 6.07) is 0. The van der Waals surface area contributed by atoms with Crippen LogP contribution < -0.4 is 16.2 Å². The number of hydrogen-bond donors (Lipinski definition) is 2. The molecule has 4 N–H and O–H groups in total. The largest absolute Gasteiger partial charge is 0.573 e. The van der Waals surface area contributed by atoms with Crippen molar-refractivity contribution in [1.82, 2.24) is 4.98 Å². The molecule has 0 amide bonds. The van der Waals surface area contributed by atoms with Gasteiger partial charge < -0.3 is 16.2 Å². The van der Waals surface area contributed by atoms with Crippen molar-refractivity contribution in [3.63, 3.8) is 0 Å². The Morgan fingerprint density at radius 2 is 2.07 bits per heavy atom. The maximum Gasteiger partial charge on any atom is 0.573 e. The van der Waals surface area contributed by atoms with E-state index in [9.17, 15) is 13.2 Å². The Morgan fingerprint density at radius 3 is 2.53 bits per heavy atom. The van der Waals surface area contributed by atoms with E-state index in [4.69, 9.17) is 11.5 Å². The van der Waals surface area contributed by atoms with Gasteiger partial charge in [0.15, 0.2) is 5.75 Å². The van der Waals surface area contributed by atoms with Crippen molar-refractivity contribution in [3.8, 4) is 5.75 Å². The summed E-state index contributed by atoms with van der Waals surface area (Å²) in [5, 5.41) is 0. The van der Waals surface area contributed by atoms with Crippen LogP contribution in [0.4, 0.5) is 18.9 Å². The van der Waals surface area contributed by atoms with Crippen molar-refractivity contribution in [2.45, 2.75) is 12.9 Å². The molecule has 0 aliphatic carbocycles. The average molecular weight is 286 g/mol. The van der Waals surface area contributed by atoms with E-state index < -0.39 is 12.1 Å². The molecule has 1 aromatic heterocycles. The van der Waals surface area contributed by atoms with Gasteiger partial charge in [0, 0.05) is 12.7 Å². The lowest BCUT2D eigenvalue weighted by molar-refractivity contribution is -0.274. The van der Waals surface area contributed by atoms with Gasteiger partial charge in [0.1, 0.15) is 0 Å². The number of pyridine rings is 1. The normalized spacial score (nSPS) is 11.5. The quantitative estimate of drug-likeness (QED) is 0.869. The third-order valence-electron chi connectivity index (χ3n) is 1.52. The fourth-order valence-electron chi connectivity index (χ4n) is 0.905. The van der Waals surface area contributed by atoms with Crippen molar-refractivity contribution in [2.24, 2.45) is 5.73 Å². The molecule has 4 nitrogen and oxygen atoms in total. The van der Waals surface area contributed by atoms with Gasteiger partial charge in [0.05, 0.1) is 15.9 Å². The van der Waals surface area contributed by atoms with Crippen LogP contribution in [-0.4, -0.2) is 11.3 Å². The molecule has 8 heteroatoms. The summed E-state index contributed by atoms with van der Waals surface area (Å²) in [7, 11) is 0. The van der Waals surface area contributed by atoms with Gasteiger partial charge >= 0.3 is 6.36 Å². The van der Waals surface area contributed by atoms with Crippen molar-refractivity contribution < 1.29 is 17.9 Å². The molecule has 0 saturated heterocycles. The van der Waals surface area contributed by atoms with Crippen LogP contribution in [0.25, 0.3) is 0 Å². The summed E-state index contributed by atoms with van der Waals surface area (Å²) in [5.41, 5.74) is 10.6. The monoisotopic (exact) mass is 285 g/mol. The number of hydrogen-bond acceptors (Lipinski definition) is 4. The van der Waals surface area contributed by atoms with Crippen molar-refractivity contribution in [1.29, 1.82) is 0 Å². The van der Waals surface area contributed by atoms with Gasteiger partial charge in [-0.2, -0.15) is 0 Å². The number of aromatic nitrogens is 1. The third kappa shape index (κ3) is 2.96. The fraction of sp³-hybridized carbons (Fsp3) is 0.286. The first-order chi connectivity index (χ1) is 6.85. The Morgan fingerprint density at radius 1 is 1.47 bits per heavy atom. The number of nitrogen functional groups attached to an aromatic ring is 1. The molecule has 15 heavy (non-hydrogen) atoms. The highest BCUT2D eigenvalue weighted by atomic mass is 79.9. The highest BCUT2D eigenvalue weighted by Gasteiger charge is 2.33. The SMILES string of the molecule is NCc1ncc(Br)c(OC(F)(F)F)c1N. The topological polar surface area (TPSA) is 74.2 Å². The Kier molecular flexibility index (Phi) is 3.40. The Labute approximate surface area is 91.5 Å². The highest BCUT2D eigenvalue weighted by molar-refractivity contribution is 9.10. The van der Waals surface area contributed by atoms with Crippen LogP contribution in [0.1, 0.15) is 5.69 Å². The first kappa shape index (κ1) is 12.1. The van der Waals surface area contributed by atoms with Crippen LogP contribution in [0.15, 0.2) is 10.7 Å². The molecular weight excluding hydrogens is 279 g/mol. The second-order valence-electron chi connectivity index (χ2n) is 2.55. The summed E-state index contributed by atoms with van der Waals surface area (Å²) >= 11 is 2.85. The zero-order valence-corrected chi connectivity index (χ0v) is 8.89. The Hall–Kier alpha value is -1.02. The first-order valence-electron chi connectivity index (χ1n) is 3.74. The van der Waals surface area contributed by atoms with Gasteiger partial charge in [-0.3, -0.25) is 4.98 Å². The van der Waals surface area contributed by atoms with Gasteiger partial charge in [-0.1, -0.05) is 0 Å². The fourth-order valence-corrected chi connectivity index (χ4v) is 1.30. The van der Waals surface area contributed by atoms with E-state index >= 15 is 0 Å². The number of anilines is 1. The molecule has 0 saturated carbocycles. The summed E-state index contributed by atoms with van der Waals surface area (Å²) in [5.74, 6) is -0.516. The molecule has 0 radical (unpaired) electrons. The maximum absolute atomic E-state index is 12.0. The van der Waals surface area contributed by atoms with Crippen LogP contribution in [0, 0.1) is 0 Å². The van der Waals surface area contributed by atoms with E-state index in [0.29, 0.717) is 0 Å². The standard InChI is InChI=1S/C7H7BrF3N3O/c8-3-2-14-4(1-12)5(13)6(3)15-7(9,10)11/h2H,1,12-13H2. The molecule has 0 spiro atoms. The van der Waals surface area contributed by atoms with Crippen LogP contribution >= 0.6 is 15.9 Å². The molecule has 1 aromatic rings. The summed E-state index contributed by atoms with van der Waals surface area (Å²) in [6.07, 6.45) is -3.65. The third-order valence-corrected chi connectivity index (χ3v) is 2.08. The van der Waals surface area contributed by atoms with Gasteiger partial charge in [-0.15, -0.1) is 13.2 Å². The maximum atomic E-state index is 12.0. The lowest BCUT2D eigenvalue weighted by Crippen LogP contribution is -2.19. The summed E-state index contributed by atoms with van der Waals surface area (Å²) < 4.78 is 39.7. The molecule has 0 bridgehead atoms. The predicted molar refractivity (Wildman–Crippen MR) is 50.9 cm³/mol. The second kappa shape index (κ2) is 4.23. The van der Waals surface area contributed by atoms with Gasteiger partial charge in [-0.05, 0) is 15.9 Å². The number of nitrogens with two attached hydrogens (primary N) is 2. The minimum Gasteiger partial charge on any atom is -0.402 e. The second-order valence-corrected chi connectivity index (χ2v) is 3.40. The van der Waals surface area contributed by atoms with Gasteiger partial charge in [0.2, 0.25) is 0 Å². The van der Waals surface area contributed by atoms with E-state index in [1.165, 1.54) is 0 Å². The molecule has 0 aromatic carbocycles. The van der Waals surface area contributed by atoms with E-state index in [0.717, 1.165) is 6.20 Å². The average Bonchev–Trinajstić information content (AvgIpc) is 2.11.